The number of benzene rings is 1. The Balaban J connectivity index is 1.83. The molecule has 0 aliphatic heterocycles. The lowest BCUT2D eigenvalue weighted by Crippen LogP contribution is -2.06. The van der Waals surface area contributed by atoms with Gasteiger partial charge in [0, 0.05) is 24.4 Å². The number of hydrogen-bond donors (Lipinski definition) is 2. The fourth-order valence-corrected chi connectivity index (χ4v) is 2.48. The van der Waals surface area contributed by atoms with E-state index in [9.17, 15) is 0 Å². The van der Waals surface area contributed by atoms with E-state index >= 15 is 0 Å². The third kappa shape index (κ3) is 3.90. The molecule has 25 heavy (non-hydrogen) atoms. The molecule has 1 aromatic carbocycles. The molecule has 6 heteroatoms. The molecule has 0 amide bonds. The molecule has 2 aromatic heterocycles. The fraction of sp³-hybridized carbons (Fsp3) is 0.158. The lowest BCUT2D eigenvalue weighted by Gasteiger charge is -2.05. The number of aryl methyl sites for hydroxylation is 1. The summed E-state index contributed by atoms with van der Waals surface area (Å²) < 4.78 is 0. The van der Waals surface area contributed by atoms with Crippen molar-refractivity contribution in [2.45, 2.75) is 19.8 Å². The standard InChI is InChI=1S/C19H18N6/c1-2-17-16(18(20)25-19(21)24-17)8-4-6-13-5-3-7-14(9-13)15-10-22-12-23-11-15/h3,5,7,9-12H,2,6H2,1H3,(H4,20,21,24,25). The first-order chi connectivity index (χ1) is 12.2. The van der Waals surface area contributed by atoms with E-state index in [-0.39, 0.29) is 5.95 Å². The summed E-state index contributed by atoms with van der Waals surface area (Å²) in [5, 5.41) is 0. The topological polar surface area (TPSA) is 104 Å². The average molecular weight is 330 g/mol. The van der Waals surface area contributed by atoms with Crippen molar-refractivity contribution in [1.29, 1.82) is 0 Å². The first-order valence-corrected chi connectivity index (χ1v) is 7.92. The Morgan fingerprint density at radius 1 is 1.04 bits per heavy atom. The van der Waals surface area contributed by atoms with Gasteiger partial charge in [-0.15, -0.1) is 0 Å². The molecule has 0 aliphatic carbocycles. The Morgan fingerprint density at radius 2 is 1.84 bits per heavy atom. The van der Waals surface area contributed by atoms with E-state index in [0.29, 0.717) is 24.2 Å². The van der Waals surface area contributed by atoms with Gasteiger partial charge in [-0.05, 0) is 17.5 Å². The highest BCUT2D eigenvalue weighted by atomic mass is 15.0. The second kappa shape index (κ2) is 7.41. The largest absolute Gasteiger partial charge is 0.382 e. The number of hydrogen-bond acceptors (Lipinski definition) is 6. The van der Waals surface area contributed by atoms with Gasteiger partial charge in [0.2, 0.25) is 5.95 Å². The molecular formula is C19H18N6. The zero-order chi connectivity index (χ0) is 17.6. The van der Waals surface area contributed by atoms with Crippen molar-refractivity contribution in [3.8, 4) is 23.0 Å². The van der Waals surface area contributed by atoms with Gasteiger partial charge in [-0.2, -0.15) is 4.98 Å². The number of anilines is 2. The summed E-state index contributed by atoms with van der Waals surface area (Å²) >= 11 is 0. The second-order valence-electron chi connectivity index (χ2n) is 5.45. The number of nitrogens with zero attached hydrogens (tertiary/aromatic N) is 4. The van der Waals surface area contributed by atoms with Gasteiger partial charge in [-0.3, -0.25) is 0 Å². The number of nitrogens with two attached hydrogens (primary N) is 2. The van der Waals surface area contributed by atoms with Crippen LogP contribution in [0.1, 0.15) is 23.7 Å². The molecule has 6 nitrogen and oxygen atoms in total. The summed E-state index contributed by atoms with van der Waals surface area (Å²) in [4.78, 5) is 16.3. The van der Waals surface area contributed by atoms with Crippen molar-refractivity contribution in [3.05, 3.63) is 59.8 Å². The zero-order valence-electron chi connectivity index (χ0n) is 13.9. The van der Waals surface area contributed by atoms with E-state index in [1.54, 1.807) is 12.4 Å². The minimum atomic E-state index is 0.178. The van der Waals surface area contributed by atoms with Crippen LogP contribution < -0.4 is 11.5 Å². The van der Waals surface area contributed by atoms with Gasteiger partial charge in [0.15, 0.2) is 0 Å². The van der Waals surface area contributed by atoms with Gasteiger partial charge in [-0.1, -0.05) is 43.0 Å². The summed E-state index contributed by atoms with van der Waals surface area (Å²) in [7, 11) is 0. The van der Waals surface area contributed by atoms with Crippen LogP contribution >= 0.6 is 0 Å². The van der Waals surface area contributed by atoms with Crippen molar-refractivity contribution in [2.24, 2.45) is 0 Å². The van der Waals surface area contributed by atoms with E-state index in [1.165, 1.54) is 6.33 Å². The second-order valence-corrected chi connectivity index (χ2v) is 5.45. The Labute approximate surface area is 146 Å². The lowest BCUT2D eigenvalue weighted by atomic mass is 10.0. The Bertz CT molecular complexity index is 941. The number of nitrogen functional groups attached to an aromatic ring is 2. The van der Waals surface area contributed by atoms with E-state index < -0.39 is 0 Å². The first-order valence-electron chi connectivity index (χ1n) is 7.92. The van der Waals surface area contributed by atoms with Crippen LogP contribution in [-0.2, 0) is 12.8 Å². The molecule has 3 rings (SSSR count). The molecular weight excluding hydrogens is 312 g/mol. The molecule has 0 saturated heterocycles. The predicted octanol–water partition coefficient (Wildman–Crippen LogP) is 2.25. The van der Waals surface area contributed by atoms with Crippen LogP contribution in [0.15, 0.2) is 43.0 Å². The summed E-state index contributed by atoms with van der Waals surface area (Å²) in [6.45, 7) is 1.98. The quantitative estimate of drug-likeness (QED) is 0.714. The summed E-state index contributed by atoms with van der Waals surface area (Å²) in [6.07, 6.45) is 6.39. The maximum atomic E-state index is 5.93. The van der Waals surface area contributed by atoms with Gasteiger partial charge in [-0.25, -0.2) is 15.0 Å². The molecule has 4 N–H and O–H groups in total. The van der Waals surface area contributed by atoms with E-state index in [2.05, 4.69) is 37.8 Å². The van der Waals surface area contributed by atoms with Crippen LogP contribution in [0.5, 0.6) is 0 Å². The highest BCUT2D eigenvalue weighted by Crippen LogP contribution is 2.19. The van der Waals surface area contributed by atoms with E-state index in [1.807, 2.05) is 25.1 Å². The van der Waals surface area contributed by atoms with Gasteiger partial charge in [0.25, 0.3) is 0 Å². The maximum Gasteiger partial charge on any atom is 0.222 e. The third-order valence-electron chi connectivity index (χ3n) is 3.69. The van der Waals surface area contributed by atoms with E-state index in [4.69, 9.17) is 11.5 Å². The van der Waals surface area contributed by atoms with Crippen LogP contribution in [0.2, 0.25) is 0 Å². The van der Waals surface area contributed by atoms with Crippen LogP contribution in [0, 0.1) is 11.8 Å². The third-order valence-corrected chi connectivity index (χ3v) is 3.69. The Kier molecular flexibility index (Phi) is 4.86. The molecule has 0 spiro atoms. The summed E-state index contributed by atoms with van der Waals surface area (Å²) in [6, 6.07) is 8.14. The first kappa shape index (κ1) is 16.4. The maximum absolute atomic E-state index is 5.93. The molecule has 0 fully saturated rings. The van der Waals surface area contributed by atoms with Crippen LogP contribution in [0.25, 0.3) is 11.1 Å². The minimum Gasteiger partial charge on any atom is -0.382 e. The normalized spacial score (nSPS) is 10.1. The van der Waals surface area contributed by atoms with Crippen molar-refractivity contribution >= 4 is 11.8 Å². The molecule has 0 saturated carbocycles. The highest BCUT2D eigenvalue weighted by molar-refractivity contribution is 5.62. The van der Waals surface area contributed by atoms with Gasteiger partial charge in [0.05, 0.1) is 11.3 Å². The van der Waals surface area contributed by atoms with Gasteiger partial charge in [0.1, 0.15) is 12.1 Å². The minimum absolute atomic E-state index is 0.178. The lowest BCUT2D eigenvalue weighted by molar-refractivity contribution is 1.00. The van der Waals surface area contributed by atoms with Gasteiger partial charge < -0.3 is 11.5 Å². The van der Waals surface area contributed by atoms with Crippen LogP contribution in [-0.4, -0.2) is 19.9 Å². The Hall–Kier alpha value is -3.46. The van der Waals surface area contributed by atoms with Crippen LogP contribution in [0.4, 0.5) is 11.8 Å². The zero-order valence-corrected chi connectivity index (χ0v) is 13.9. The van der Waals surface area contributed by atoms with E-state index in [0.717, 1.165) is 22.4 Å². The molecule has 0 bridgehead atoms. The highest BCUT2D eigenvalue weighted by Gasteiger charge is 2.07. The SMILES string of the molecule is CCc1nc(N)nc(N)c1C#CCc1cccc(-c2cncnc2)c1. The molecule has 124 valence electrons. The van der Waals surface area contributed by atoms with Crippen molar-refractivity contribution in [3.63, 3.8) is 0 Å². The van der Waals surface area contributed by atoms with Gasteiger partial charge >= 0.3 is 0 Å². The molecule has 0 aliphatic rings. The number of aromatic nitrogens is 4. The summed E-state index contributed by atoms with van der Waals surface area (Å²) in [5.74, 6) is 6.74. The smallest absolute Gasteiger partial charge is 0.222 e. The monoisotopic (exact) mass is 330 g/mol. The molecule has 2 heterocycles. The molecule has 0 radical (unpaired) electrons. The summed E-state index contributed by atoms with van der Waals surface area (Å²) in [5.41, 5.74) is 16.1. The predicted molar refractivity (Wildman–Crippen MR) is 98.3 cm³/mol. The molecule has 0 unspecified atom stereocenters. The van der Waals surface area contributed by atoms with Crippen molar-refractivity contribution < 1.29 is 0 Å². The Morgan fingerprint density at radius 3 is 2.60 bits per heavy atom. The van der Waals surface area contributed by atoms with Crippen molar-refractivity contribution in [2.75, 3.05) is 11.5 Å². The fourth-order valence-electron chi connectivity index (χ4n) is 2.48. The molecule has 0 atom stereocenters. The number of rotatable bonds is 3. The average Bonchev–Trinajstić information content (AvgIpc) is 2.64. The van der Waals surface area contributed by atoms with Crippen molar-refractivity contribution in [1.82, 2.24) is 19.9 Å². The molecule has 3 aromatic rings. The van der Waals surface area contributed by atoms with Crippen LogP contribution in [0.3, 0.4) is 0 Å².